The second kappa shape index (κ2) is 4.54. The topological polar surface area (TPSA) is 4.93 Å². The minimum atomic E-state index is -0.172. The highest BCUT2D eigenvalue weighted by Crippen LogP contribution is 2.20. The van der Waals surface area contributed by atoms with Gasteiger partial charge in [-0.05, 0) is 60.7 Å². The van der Waals surface area contributed by atoms with E-state index in [4.69, 9.17) is 0 Å². The van der Waals surface area contributed by atoms with Crippen LogP contribution in [0.15, 0.2) is 48.7 Å². The van der Waals surface area contributed by atoms with Gasteiger partial charge in [0.1, 0.15) is 5.82 Å². The molecule has 3 rings (SSSR count). The second-order valence-electron chi connectivity index (χ2n) is 5.08. The van der Waals surface area contributed by atoms with Crippen molar-refractivity contribution in [1.82, 2.24) is 4.57 Å². The van der Waals surface area contributed by atoms with Gasteiger partial charge in [-0.2, -0.15) is 0 Å². The van der Waals surface area contributed by atoms with Crippen LogP contribution in [0.3, 0.4) is 0 Å². The van der Waals surface area contributed by atoms with E-state index in [1.807, 2.05) is 13.0 Å². The zero-order valence-corrected chi connectivity index (χ0v) is 11.2. The fourth-order valence-electron chi connectivity index (χ4n) is 2.48. The first-order valence-corrected chi connectivity index (χ1v) is 6.44. The average molecular weight is 253 g/mol. The third kappa shape index (κ3) is 2.26. The predicted octanol–water partition coefficient (Wildman–Crippen LogP) is 4.45. The Labute approximate surface area is 112 Å². The van der Waals surface area contributed by atoms with E-state index in [2.05, 4.69) is 42.0 Å². The number of halogens is 1. The summed E-state index contributed by atoms with van der Waals surface area (Å²) >= 11 is 0. The average Bonchev–Trinajstić information content (AvgIpc) is 2.75. The Morgan fingerprint density at radius 2 is 1.84 bits per heavy atom. The molecule has 0 aliphatic carbocycles. The van der Waals surface area contributed by atoms with Crippen LogP contribution in [0, 0.1) is 19.7 Å². The first-order chi connectivity index (χ1) is 9.13. The lowest BCUT2D eigenvalue weighted by molar-refractivity contribution is 0.625. The van der Waals surface area contributed by atoms with Crippen molar-refractivity contribution >= 4 is 10.9 Å². The molecule has 1 heterocycles. The number of aryl methyl sites for hydroxylation is 2. The standard InChI is InChI=1S/C17H16FN/c1-12-3-6-17-14(9-12)7-8-19(17)11-15-4-5-16(18)10-13(15)2/h3-10H,11H2,1-2H3. The summed E-state index contributed by atoms with van der Waals surface area (Å²) in [6.45, 7) is 4.83. The quantitative estimate of drug-likeness (QED) is 0.636. The summed E-state index contributed by atoms with van der Waals surface area (Å²) in [7, 11) is 0. The Hall–Kier alpha value is -2.09. The SMILES string of the molecule is Cc1ccc2c(ccn2Cc2ccc(F)cc2C)c1. The molecule has 19 heavy (non-hydrogen) atoms. The van der Waals surface area contributed by atoms with Crippen molar-refractivity contribution in [3.05, 3.63) is 71.2 Å². The fraction of sp³-hybridized carbons (Fsp3) is 0.176. The monoisotopic (exact) mass is 253 g/mol. The highest BCUT2D eigenvalue weighted by molar-refractivity contribution is 5.80. The normalized spacial score (nSPS) is 11.1. The summed E-state index contributed by atoms with van der Waals surface area (Å²) in [5, 5.41) is 1.25. The maximum Gasteiger partial charge on any atom is 0.123 e. The Bertz CT molecular complexity index is 740. The van der Waals surface area contributed by atoms with Crippen LogP contribution in [0.5, 0.6) is 0 Å². The van der Waals surface area contributed by atoms with Crippen molar-refractivity contribution in [2.75, 3.05) is 0 Å². The van der Waals surface area contributed by atoms with E-state index in [0.29, 0.717) is 0 Å². The van der Waals surface area contributed by atoms with Crippen LogP contribution in [0.2, 0.25) is 0 Å². The maximum absolute atomic E-state index is 13.1. The van der Waals surface area contributed by atoms with Crippen molar-refractivity contribution in [3.63, 3.8) is 0 Å². The van der Waals surface area contributed by atoms with Crippen LogP contribution in [0.4, 0.5) is 4.39 Å². The van der Waals surface area contributed by atoms with E-state index in [9.17, 15) is 4.39 Å². The lowest BCUT2D eigenvalue weighted by Gasteiger charge is -2.09. The molecular formula is C17H16FN. The Balaban J connectivity index is 2.01. The van der Waals surface area contributed by atoms with Crippen molar-refractivity contribution in [3.8, 4) is 0 Å². The highest BCUT2D eigenvalue weighted by Gasteiger charge is 2.04. The second-order valence-corrected chi connectivity index (χ2v) is 5.08. The highest BCUT2D eigenvalue weighted by atomic mass is 19.1. The molecule has 2 aromatic carbocycles. The van der Waals surface area contributed by atoms with E-state index in [1.54, 1.807) is 6.07 Å². The number of benzene rings is 2. The molecule has 0 unspecified atom stereocenters. The van der Waals surface area contributed by atoms with Crippen LogP contribution in [-0.4, -0.2) is 4.57 Å². The summed E-state index contributed by atoms with van der Waals surface area (Å²) in [5.74, 6) is -0.172. The third-order valence-electron chi connectivity index (χ3n) is 3.57. The van der Waals surface area contributed by atoms with Crippen LogP contribution >= 0.6 is 0 Å². The first-order valence-electron chi connectivity index (χ1n) is 6.44. The van der Waals surface area contributed by atoms with Gasteiger partial charge in [-0.1, -0.05) is 17.7 Å². The first kappa shape index (κ1) is 12.0. The van der Waals surface area contributed by atoms with E-state index in [1.165, 1.54) is 22.5 Å². The molecule has 0 saturated heterocycles. The lowest BCUT2D eigenvalue weighted by atomic mass is 10.1. The minimum absolute atomic E-state index is 0.172. The van der Waals surface area contributed by atoms with Gasteiger partial charge < -0.3 is 4.57 Å². The number of rotatable bonds is 2. The Morgan fingerprint density at radius 3 is 2.63 bits per heavy atom. The third-order valence-corrected chi connectivity index (χ3v) is 3.57. The molecule has 0 fully saturated rings. The van der Waals surface area contributed by atoms with Crippen molar-refractivity contribution < 1.29 is 4.39 Å². The van der Waals surface area contributed by atoms with Crippen molar-refractivity contribution in [2.24, 2.45) is 0 Å². The van der Waals surface area contributed by atoms with Crippen LogP contribution in [0.25, 0.3) is 10.9 Å². The van der Waals surface area contributed by atoms with Gasteiger partial charge in [-0.15, -0.1) is 0 Å². The van der Waals surface area contributed by atoms with E-state index < -0.39 is 0 Å². The zero-order valence-electron chi connectivity index (χ0n) is 11.2. The zero-order chi connectivity index (χ0) is 13.4. The van der Waals surface area contributed by atoms with Gasteiger partial charge in [0.25, 0.3) is 0 Å². The van der Waals surface area contributed by atoms with E-state index >= 15 is 0 Å². The minimum Gasteiger partial charge on any atom is -0.343 e. The molecule has 0 aliphatic heterocycles. The van der Waals surface area contributed by atoms with E-state index in [-0.39, 0.29) is 5.82 Å². The summed E-state index contributed by atoms with van der Waals surface area (Å²) < 4.78 is 15.3. The van der Waals surface area contributed by atoms with Gasteiger partial charge in [-0.3, -0.25) is 0 Å². The van der Waals surface area contributed by atoms with Crippen molar-refractivity contribution in [1.29, 1.82) is 0 Å². The molecule has 0 bridgehead atoms. The summed E-state index contributed by atoms with van der Waals surface area (Å²) in [6.07, 6.45) is 2.09. The number of aromatic nitrogens is 1. The maximum atomic E-state index is 13.1. The molecular weight excluding hydrogens is 237 g/mol. The fourth-order valence-corrected chi connectivity index (χ4v) is 2.48. The number of fused-ring (bicyclic) bond motifs is 1. The Kier molecular flexibility index (Phi) is 2.86. The molecule has 0 aliphatic rings. The molecule has 0 radical (unpaired) electrons. The van der Waals surface area contributed by atoms with Crippen LogP contribution in [0.1, 0.15) is 16.7 Å². The van der Waals surface area contributed by atoms with Gasteiger partial charge in [0.05, 0.1) is 0 Å². The van der Waals surface area contributed by atoms with Gasteiger partial charge >= 0.3 is 0 Å². The van der Waals surface area contributed by atoms with Crippen molar-refractivity contribution in [2.45, 2.75) is 20.4 Å². The summed E-state index contributed by atoms with van der Waals surface area (Å²) in [6, 6.07) is 13.6. The van der Waals surface area contributed by atoms with Crippen LogP contribution < -0.4 is 0 Å². The molecule has 1 aromatic heterocycles. The molecule has 0 N–H and O–H groups in total. The summed E-state index contributed by atoms with van der Waals surface area (Å²) in [5.41, 5.74) is 4.63. The molecule has 96 valence electrons. The molecule has 3 aromatic rings. The number of nitrogens with zero attached hydrogens (tertiary/aromatic N) is 1. The molecule has 1 nitrogen and oxygen atoms in total. The number of hydrogen-bond acceptors (Lipinski definition) is 0. The molecule has 0 amide bonds. The van der Waals surface area contributed by atoms with Gasteiger partial charge in [-0.25, -0.2) is 4.39 Å². The van der Waals surface area contributed by atoms with Gasteiger partial charge in [0.15, 0.2) is 0 Å². The van der Waals surface area contributed by atoms with Crippen LogP contribution in [-0.2, 0) is 6.54 Å². The van der Waals surface area contributed by atoms with E-state index in [0.717, 1.165) is 17.7 Å². The number of hydrogen-bond donors (Lipinski definition) is 0. The molecule has 0 spiro atoms. The van der Waals surface area contributed by atoms with Gasteiger partial charge in [0, 0.05) is 18.3 Å². The smallest absolute Gasteiger partial charge is 0.123 e. The molecule has 2 heteroatoms. The van der Waals surface area contributed by atoms with Gasteiger partial charge in [0.2, 0.25) is 0 Å². The largest absolute Gasteiger partial charge is 0.343 e. The lowest BCUT2D eigenvalue weighted by Crippen LogP contribution is -2.00. The Morgan fingerprint density at radius 1 is 1.00 bits per heavy atom. The molecule has 0 saturated carbocycles. The summed E-state index contributed by atoms with van der Waals surface area (Å²) in [4.78, 5) is 0. The molecule has 0 atom stereocenters. The predicted molar refractivity (Wildman–Crippen MR) is 76.9 cm³/mol.